The molecule has 4 nitrogen and oxygen atoms in total. The Balaban J connectivity index is 2.14. The molecule has 1 heterocycles. The standard InChI is InChI=1S/C13H16O4S/c1-7-8(2)18-12(13(15)16-3)11(7)17-6-10(14)9-4-5-9/h9H,4-6H2,1-3H3. The number of hydrogen-bond donors (Lipinski definition) is 0. The van der Waals surface area contributed by atoms with E-state index in [1.807, 2.05) is 13.8 Å². The normalized spacial score (nSPS) is 14.4. The highest BCUT2D eigenvalue weighted by Gasteiger charge is 2.30. The molecule has 0 aliphatic heterocycles. The Morgan fingerprint density at radius 2 is 2.00 bits per heavy atom. The Morgan fingerprint density at radius 3 is 2.56 bits per heavy atom. The van der Waals surface area contributed by atoms with Gasteiger partial charge in [0.15, 0.2) is 10.7 Å². The summed E-state index contributed by atoms with van der Waals surface area (Å²) in [7, 11) is 1.34. The summed E-state index contributed by atoms with van der Waals surface area (Å²) >= 11 is 1.34. The van der Waals surface area contributed by atoms with Crippen molar-refractivity contribution in [2.24, 2.45) is 5.92 Å². The van der Waals surface area contributed by atoms with Crippen LogP contribution in [0.3, 0.4) is 0 Å². The van der Waals surface area contributed by atoms with E-state index in [1.54, 1.807) is 0 Å². The third-order valence-electron chi connectivity index (χ3n) is 3.09. The Hall–Kier alpha value is -1.36. The fourth-order valence-electron chi connectivity index (χ4n) is 1.67. The molecule has 1 aliphatic carbocycles. The summed E-state index contributed by atoms with van der Waals surface area (Å²) in [6.07, 6.45) is 1.93. The van der Waals surface area contributed by atoms with Crippen LogP contribution in [-0.4, -0.2) is 25.5 Å². The molecule has 0 bridgehead atoms. The van der Waals surface area contributed by atoms with E-state index in [0.717, 1.165) is 23.3 Å². The van der Waals surface area contributed by atoms with Crippen molar-refractivity contribution in [2.75, 3.05) is 13.7 Å². The van der Waals surface area contributed by atoms with E-state index in [-0.39, 0.29) is 18.3 Å². The maximum Gasteiger partial charge on any atom is 0.351 e. The molecule has 1 fully saturated rings. The highest BCUT2D eigenvalue weighted by atomic mass is 32.1. The van der Waals surface area contributed by atoms with E-state index in [2.05, 4.69) is 0 Å². The zero-order valence-electron chi connectivity index (χ0n) is 10.7. The third kappa shape index (κ3) is 2.56. The highest BCUT2D eigenvalue weighted by Crippen LogP contribution is 2.36. The summed E-state index contributed by atoms with van der Waals surface area (Å²) in [6.45, 7) is 3.85. The zero-order chi connectivity index (χ0) is 13.3. The SMILES string of the molecule is COC(=O)c1sc(C)c(C)c1OCC(=O)C1CC1. The minimum atomic E-state index is -0.412. The van der Waals surface area contributed by atoms with Gasteiger partial charge in [0, 0.05) is 16.4 Å². The summed E-state index contributed by atoms with van der Waals surface area (Å²) in [5, 5.41) is 0. The molecule has 1 saturated carbocycles. The van der Waals surface area contributed by atoms with Gasteiger partial charge in [-0.2, -0.15) is 0 Å². The van der Waals surface area contributed by atoms with E-state index in [1.165, 1.54) is 18.4 Å². The molecule has 0 saturated heterocycles. The maximum absolute atomic E-state index is 11.6. The van der Waals surface area contributed by atoms with Gasteiger partial charge in [-0.1, -0.05) is 0 Å². The van der Waals surface area contributed by atoms with Crippen molar-refractivity contribution < 1.29 is 19.1 Å². The number of ether oxygens (including phenoxy) is 2. The quantitative estimate of drug-likeness (QED) is 0.770. The lowest BCUT2D eigenvalue weighted by Crippen LogP contribution is -2.14. The van der Waals surface area contributed by atoms with Crippen molar-refractivity contribution in [1.29, 1.82) is 0 Å². The first kappa shape index (κ1) is 13.1. The van der Waals surface area contributed by atoms with Gasteiger partial charge in [0.1, 0.15) is 12.4 Å². The predicted molar refractivity (Wildman–Crippen MR) is 68.4 cm³/mol. The molecule has 1 aromatic heterocycles. The molecule has 0 unspecified atom stereocenters. The summed E-state index contributed by atoms with van der Waals surface area (Å²) in [6, 6.07) is 0. The molecule has 1 aromatic rings. The predicted octanol–water partition coefficient (Wildman–Crippen LogP) is 2.51. The van der Waals surface area contributed by atoms with Gasteiger partial charge in [-0.15, -0.1) is 11.3 Å². The number of carbonyl (C=O) groups is 2. The molecule has 0 spiro atoms. The van der Waals surface area contributed by atoms with Crippen LogP contribution < -0.4 is 4.74 Å². The third-order valence-corrected chi connectivity index (χ3v) is 4.26. The molecule has 0 radical (unpaired) electrons. The van der Waals surface area contributed by atoms with Crippen LogP contribution in [0.4, 0.5) is 0 Å². The molecule has 0 amide bonds. The fourth-order valence-corrected chi connectivity index (χ4v) is 2.70. The average molecular weight is 268 g/mol. The van der Waals surface area contributed by atoms with Crippen LogP contribution in [0, 0.1) is 19.8 Å². The highest BCUT2D eigenvalue weighted by molar-refractivity contribution is 7.14. The molecule has 98 valence electrons. The van der Waals surface area contributed by atoms with Crippen LogP contribution in [0.2, 0.25) is 0 Å². The number of Topliss-reactive ketones (excluding diaryl/α,β-unsaturated/α-hetero) is 1. The first-order valence-electron chi connectivity index (χ1n) is 5.88. The summed E-state index contributed by atoms with van der Waals surface area (Å²) < 4.78 is 10.3. The fraction of sp³-hybridized carbons (Fsp3) is 0.538. The second-order valence-electron chi connectivity index (χ2n) is 4.46. The smallest absolute Gasteiger partial charge is 0.351 e. The number of ketones is 1. The van der Waals surface area contributed by atoms with Crippen LogP contribution in [0.1, 0.15) is 33.0 Å². The molecular formula is C13H16O4S. The van der Waals surface area contributed by atoms with E-state index in [0.29, 0.717) is 10.6 Å². The lowest BCUT2D eigenvalue weighted by Gasteiger charge is -2.07. The van der Waals surface area contributed by atoms with Crippen LogP contribution in [0.25, 0.3) is 0 Å². The minimum Gasteiger partial charge on any atom is -0.484 e. The Bertz CT molecular complexity index is 485. The van der Waals surface area contributed by atoms with Crippen molar-refractivity contribution in [3.05, 3.63) is 15.3 Å². The van der Waals surface area contributed by atoms with Gasteiger partial charge in [-0.3, -0.25) is 4.79 Å². The van der Waals surface area contributed by atoms with Crippen LogP contribution >= 0.6 is 11.3 Å². The van der Waals surface area contributed by atoms with Crippen molar-refractivity contribution in [3.8, 4) is 5.75 Å². The average Bonchev–Trinajstić information content (AvgIpc) is 3.16. The molecule has 0 atom stereocenters. The molecule has 2 rings (SSSR count). The van der Waals surface area contributed by atoms with Crippen LogP contribution in [-0.2, 0) is 9.53 Å². The summed E-state index contributed by atoms with van der Waals surface area (Å²) in [5.74, 6) is 0.379. The summed E-state index contributed by atoms with van der Waals surface area (Å²) in [4.78, 5) is 24.7. The van der Waals surface area contributed by atoms with E-state index in [4.69, 9.17) is 9.47 Å². The van der Waals surface area contributed by atoms with Gasteiger partial charge in [-0.05, 0) is 26.7 Å². The number of hydrogen-bond acceptors (Lipinski definition) is 5. The summed E-state index contributed by atoms with van der Waals surface area (Å²) in [5.41, 5.74) is 0.906. The lowest BCUT2D eigenvalue weighted by molar-refractivity contribution is -0.122. The largest absolute Gasteiger partial charge is 0.484 e. The monoisotopic (exact) mass is 268 g/mol. The van der Waals surface area contributed by atoms with Crippen molar-refractivity contribution in [3.63, 3.8) is 0 Å². The number of carbonyl (C=O) groups excluding carboxylic acids is 2. The molecule has 1 aliphatic rings. The van der Waals surface area contributed by atoms with Gasteiger partial charge in [0.05, 0.1) is 7.11 Å². The number of aryl methyl sites for hydroxylation is 1. The van der Waals surface area contributed by atoms with Crippen molar-refractivity contribution >= 4 is 23.1 Å². The second-order valence-corrected chi connectivity index (χ2v) is 5.69. The first-order chi connectivity index (χ1) is 8.54. The Morgan fingerprint density at radius 1 is 1.33 bits per heavy atom. The molecule has 18 heavy (non-hydrogen) atoms. The second kappa shape index (κ2) is 5.10. The van der Waals surface area contributed by atoms with E-state index >= 15 is 0 Å². The van der Waals surface area contributed by atoms with Gasteiger partial charge in [-0.25, -0.2) is 4.79 Å². The zero-order valence-corrected chi connectivity index (χ0v) is 11.6. The van der Waals surface area contributed by atoms with Gasteiger partial charge in [0.25, 0.3) is 0 Å². The minimum absolute atomic E-state index is 0.0473. The van der Waals surface area contributed by atoms with Crippen LogP contribution in [0.15, 0.2) is 0 Å². The molecule has 0 N–H and O–H groups in total. The van der Waals surface area contributed by atoms with Gasteiger partial charge < -0.3 is 9.47 Å². The number of rotatable bonds is 5. The van der Waals surface area contributed by atoms with Crippen molar-refractivity contribution in [1.82, 2.24) is 0 Å². The number of thiophene rings is 1. The Kier molecular flexibility index (Phi) is 3.71. The van der Waals surface area contributed by atoms with Gasteiger partial charge in [0.2, 0.25) is 0 Å². The molecule has 0 aromatic carbocycles. The van der Waals surface area contributed by atoms with Gasteiger partial charge >= 0.3 is 5.97 Å². The number of esters is 1. The molecular weight excluding hydrogens is 252 g/mol. The Labute approximate surface area is 110 Å². The lowest BCUT2D eigenvalue weighted by atomic mass is 10.2. The molecule has 5 heteroatoms. The van der Waals surface area contributed by atoms with Crippen LogP contribution in [0.5, 0.6) is 5.75 Å². The number of methoxy groups -OCH3 is 1. The van der Waals surface area contributed by atoms with E-state index in [9.17, 15) is 9.59 Å². The topological polar surface area (TPSA) is 52.6 Å². The first-order valence-corrected chi connectivity index (χ1v) is 6.70. The maximum atomic E-state index is 11.6. The van der Waals surface area contributed by atoms with Crippen molar-refractivity contribution in [2.45, 2.75) is 26.7 Å². The van der Waals surface area contributed by atoms with E-state index < -0.39 is 5.97 Å².